The zero-order valence-corrected chi connectivity index (χ0v) is 9.30. The maximum absolute atomic E-state index is 2.39. The summed E-state index contributed by atoms with van der Waals surface area (Å²) in [6, 6.07) is 0.678. The van der Waals surface area contributed by atoms with Gasteiger partial charge in [0.05, 0.1) is 0 Å². The fourth-order valence-corrected chi connectivity index (χ4v) is 1.01. The molecule has 0 rings (SSSR count). The quantitative estimate of drug-likeness (QED) is 0.601. The lowest BCUT2D eigenvalue weighted by Crippen LogP contribution is -2.30. The summed E-state index contributed by atoms with van der Waals surface area (Å²) < 4.78 is 0. The minimum absolute atomic E-state index is 0.678. The van der Waals surface area contributed by atoms with E-state index in [0.717, 1.165) is 6.54 Å². The molecule has 0 radical (unpaired) electrons. The summed E-state index contributed by atoms with van der Waals surface area (Å²) in [6.07, 6.45) is 1.28. The molecule has 0 atom stereocenters. The van der Waals surface area contributed by atoms with E-state index in [-0.39, 0.29) is 0 Å². The van der Waals surface area contributed by atoms with E-state index in [9.17, 15) is 0 Å². The van der Waals surface area contributed by atoms with Crippen LogP contribution in [0.4, 0.5) is 0 Å². The average molecular weight is 172 g/mol. The van der Waals surface area contributed by atoms with Crippen molar-refractivity contribution in [3.8, 4) is 0 Å². The third-order valence-electron chi connectivity index (χ3n) is 2.47. The topological polar surface area (TPSA) is 6.48 Å². The van der Waals surface area contributed by atoms with Gasteiger partial charge in [0.1, 0.15) is 0 Å². The third kappa shape index (κ3) is 5.56. The highest BCUT2D eigenvalue weighted by atomic mass is 15.1. The van der Waals surface area contributed by atoms with Crippen LogP contribution in [0.25, 0.3) is 0 Å². The molecule has 0 saturated heterocycles. The zero-order valence-electron chi connectivity index (χ0n) is 9.30. The van der Waals surface area contributed by atoms with Crippen LogP contribution in [-0.2, 0) is 0 Å². The van der Waals surface area contributed by atoms with Crippen LogP contribution >= 0.6 is 0 Å². The molecule has 0 spiro atoms. The van der Waals surface area contributed by atoms with Crippen molar-refractivity contribution in [1.82, 2.24) is 9.80 Å². The van der Waals surface area contributed by atoms with E-state index in [1.165, 1.54) is 19.5 Å². The lowest BCUT2D eigenvalue weighted by molar-refractivity contribution is 0.248. The van der Waals surface area contributed by atoms with Crippen LogP contribution in [0, 0.1) is 0 Å². The van der Waals surface area contributed by atoms with Crippen molar-refractivity contribution in [2.45, 2.75) is 33.2 Å². The summed E-state index contributed by atoms with van der Waals surface area (Å²) >= 11 is 0. The molecule has 0 aliphatic rings. The van der Waals surface area contributed by atoms with Gasteiger partial charge in [0.2, 0.25) is 0 Å². The largest absolute Gasteiger partial charge is 0.307 e. The van der Waals surface area contributed by atoms with Gasteiger partial charge in [-0.25, -0.2) is 0 Å². The molecule has 0 unspecified atom stereocenters. The number of hydrogen-bond donors (Lipinski definition) is 0. The molecule has 2 nitrogen and oxygen atoms in total. The predicted molar refractivity (Wildman–Crippen MR) is 55.6 cm³/mol. The SMILES string of the molecule is CCN(C)CCCN(C)C(C)C. The molecule has 2 heteroatoms. The molecule has 0 aromatic rings. The molecule has 0 heterocycles. The van der Waals surface area contributed by atoms with Crippen molar-refractivity contribution in [3.05, 3.63) is 0 Å². The molecule has 12 heavy (non-hydrogen) atoms. The Labute approximate surface area is 77.5 Å². The number of rotatable bonds is 6. The van der Waals surface area contributed by atoms with E-state index >= 15 is 0 Å². The second kappa shape index (κ2) is 6.44. The lowest BCUT2D eigenvalue weighted by Gasteiger charge is -2.22. The zero-order chi connectivity index (χ0) is 9.56. The van der Waals surface area contributed by atoms with Gasteiger partial charge in [-0.15, -0.1) is 0 Å². The van der Waals surface area contributed by atoms with Crippen molar-refractivity contribution < 1.29 is 0 Å². The van der Waals surface area contributed by atoms with Crippen LogP contribution in [0.15, 0.2) is 0 Å². The Morgan fingerprint density at radius 2 is 1.67 bits per heavy atom. The predicted octanol–water partition coefficient (Wildman–Crippen LogP) is 1.67. The molecule has 0 N–H and O–H groups in total. The highest BCUT2D eigenvalue weighted by molar-refractivity contribution is 4.58. The van der Waals surface area contributed by atoms with E-state index in [1.807, 2.05) is 0 Å². The summed E-state index contributed by atoms with van der Waals surface area (Å²) in [6.45, 7) is 10.3. The molecule has 0 amide bonds. The maximum atomic E-state index is 2.39. The molecule has 0 aliphatic carbocycles. The second-order valence-electron chi connectivity index (χ2n) is 3.82. The van der Waals surface area contributed by atoms with Gasteiger partial charge < -0.3 is 9.80 Å². The highest BCUT2D eigenvalue weighted by Crippen LogP contribution is 1.95. The van der Waals surface area contributed by atoms with E-state index in [2.05, 4.69) is 44.7 Å². The fourth-order valence-electron chi connectivity index (χ4n) is 1.01. The maximum Gasteiger partial charge on any atom is 0.00355 e. The Hall–Kier alpha value is -0.0800. The van der Waals surface area contributed by atoms with Crippen LogP contribution in [0.1, 0.15) is 27.2 Å². The minimum Gasteiger partial charge on any atom is -0.307 e. The fraction of sp³-hybridized carbons (Fsp3) is 1.00. The second-order valence-corrected chi connectivity index (χ2v) is 3.82. The third-order valence-corrected chi connectivity index (χ3v) is 2.47. The van der Waals surface area contributed by atoms with Gasteiger partial charge in [-0.3, -0.25) is 0 Å². The van der Waals surface area contributed by atoms with Crippen molar-refractivity contribution in [2.24, 2.45) is 0 Å². The van der Waals surface area contributed by atoms with Crippen molar-refractivity contribution >= 4 is 0 Å². The van der Waals surface area contributed by atoms with Gasteiger partial charge in [-0.05, 0) is 54.0 Å². The summed E-state index contributed by atoms with van der Waals surface area (Å²) in [5, 5.41) is 0. The summed E-state index contributed by atoms with van der Waals surface area (Å²) in [5.74, 6) is 0. The van der Waals surface area contributed by atoms with Crippen LogP contribution in [0.2, 0.25) is 0 Å². The van der Waals surface area contributed by atoms with E-state index in [1.54, 1.807) is 0 Å². The highest BCUT2D eigenvalue weighted by Gasteiger charge is 2.02. The monoisotopic (exact) mass is 172 g/mol. The lowest BCUT2D eigenvalue weighted by atomic mass is 10.3. The number of nitrogens with zero attached hydrogens (tertiary/aromatic N) is 2. The van der Waals surface area contributed by atoms with Crippen LogP contribution in [0.3, 0.4) is 0 Å². The molecule has 0 aromatic heterocycles. The Bertz CT molecular complexity index is 102. The van der Waals surface area contributed by atoms with Crippen LogP contribution in [0.5, 0.6) is 0 Å². The first-order chi connectivity index (χ1) is 5.57. The Kier molecular flexibility index (Phi) is 6.39. The van der Waals surface area contributed by atoms with Gasteiger partial charge in [0, 0.05) is 6.04 Å². The van der Waals surface area contributed by atoms with Crippen molar-refractivity contribution in [3.63, 3.8) is 0 Å². The first-order valence-corrected chi connectivity index (χ1v) is 4.96. The van der Waals surface area contributed by atoms with Crippen molar-refractivity contribution in [2.75, 3.05) is 33.7 Å². The standard InChI is InChI=1S/C10H24N2/c1-6-11(4)8-7-9-12(5)10(2)3/h10H,6-9H2,1-5H3. The molecule has 0 aliphatic heterocycles. The smallest absolute Gasteiger partial charge is 0.00355 e. The van der Waals surface area contributed by atoms with Gasteiger partial charge in [0.15, 0.2) is 0 Å². The molecule has 0 bridgehead atoms. The Morgan fingerprint density at radius 3 is 2.08 bits per heavy atom. The molecule has 0 fully saturated rings. The van der Waals surface area contributed by atoms with E-state index < -0.39 is 0 Å². The average Bonchev–Trinajstić information content (AvgIpc) is 2.03. The first kappa shape index (κ1) is 11.9. The first-order valence-electron chi connectivity index (χ1n) is 4.96. The van der Waals surface area contributed by atoms with Gasteiger partial charge in [-0.2, -0.15) is 0 Å². The molecule has 0 aromatic carbocycles. The molecule has 74 valence electrons. The Balaban J connectivity index is 3.30. The van der Waals surface area contributed by atoms with Gasteiger partial charge >= 0.3 is 0 Å². The van der Waals surface area contributed by atoms with E-state index in [0.29, 0.717) is 6.04 Å². The van der Waals surface area contributed by atoms with E-state index in [4.69, 9.17) is 0 Å². The molecule has 0 saturated carbocycles. The van der Waals surface area contributed by atoms with Gasteiger partial charge in [0.25, 0.3) is 0 Å². The Morgan fingerprint density at radius 1 is 1.08 bits per heavy atom. The minimum atomic E-state index is 0.678. The normalized spacial score (nSPS) is 12.0. The van der Waals surface area contributed by atoms with Crippen LogP contribution < -0.4 is 0 Å². The summed E-state index contributed by atoms with van der Waals surface area (Å²) in [4.78, 5) is 4.75. The van der Waals surface area contributed by atoms with Gasteiger partial charge in [-0.1, -0.05) is 6.92 Å². The molecular formula is C10H24N2. The van der Waals surface area contributed by atoms with Crippen LogP contribution in [-0.4, -0.2) is 49.6 Å². The number of hydrogen-bond acceptors (Lipinski definition) is 2. The van der Waals surface area contributed by atoms with Crippen molar-refractivity contribution in [1.29, 1.82) is 0 Å². The molecular weight excluding hydrogens is 148 g/mol. The summed E-state index contributed by atoms with van der Waals surface area (Å²) in [5.41, 5.74) is 0. The summed E-state index contributed by atoms with van der Waals surface area (Å²) in [7, 11) is 4.37.